The van der Waals surface area contributed by atoms with Gasteiger partial charge in [-0.1, -0.05) is 5.16 Å². The summed E-state index contributed by atoms with van der Waals surface area (Å²) in [6.07, 6.45) is -0.757. The maximum Gasteiger partial charge on any atom is 0.512 e. The number of carbonyl (C=O) groups is 4. The molecule has 0 aromatic carbocycles. The Bertz CT molecular complexity index is 1030. The molecule has 13 nitrogen and oxygen atoms in total. The Labute approximate surface area is 196 Å². The van der Waals surface area contributed by atoms with Crippen LogP contribution in [0, 0.1) is 0 Å². The molecule has 3 rings (SSSR count). The van der Waals surface area contributed by atoms with Gasteiger partial charge in [0.1, 0.15) is 34.8 Å². The van der Waals surface area contributed by atoms with Crippen molar-refractivity contribution in [1.82, 2.24) is 14.6 Å². The second-order valence-corrected chi connectivity index (χ2v) is 9.57. The minimum Gasteiger partial charge on any atom is -0.449 e. The summed E-state index contributed by atoms with van der Waals surface area (Å²) in [4.78, 5) is 54.0. The number of carboxylic acid groups (broad SMARTS) is 1. The van der Waals surface area contributed by atoms with Crippen molar-refractivity contribution in [2.24, 2.45) is 5.16 Å². The molecule has 3 N–H and O–H groups in total. The number of thioether (sulfide) groups is 1. The van der Waals surface area contributed by atoms with E-state index in [1.54, 1.807) is 20.8 Å². The molecule has 2 aliphatic heterocycles. The van der Waals surface area contributed by atoms with E-state index in [1.807, 2.05) is 0 Å². The number of hydrogen-bond acceptors (Lipinski definition) is 11. The Kier molecular flexibility index (Phi) is 7.12. The topological polar surface area (TPSA) is 169 Å². The summed E-state index contributed by atoms with van der Waals surface area (Å²) >= 11 is 2.23. The molecule has 0 aliphatic carbocycles. The summed E-state index contributed by atoms with van der Waals surface area (Å²) in [6, 6.07) is 0.487. The van der Waals surface area contributed by atoms with Gasteiger partial charge in [-0.15, -0.1) is 11.8 Å². The van der Waals surface area contributed by atoms with Crippen LogP contribution in [0.3, 0.4) is 0 Å². The standard InChI is InChI=1S/C18H21N5O8S2/c1-18(2,3)31-16(26)19-9-7-8(22-33-9)11(21-29-4)13(24)20-12-14(25)23-10(30-17(27)28)5-6-32-15(12)23/h5,7,12,15H,6H2,1-4H3,(H,19,26)(H,20,24)(H,27,28)/b21-11-/t12-,15+/m1/s1. The third-order valence-corrected chi connectivity index (χ3v) is 5.95. The monoisotopic (exact) mass is 499 g/mol. The van der Waals surface area contributed by atoms with E-state index in [4.69, 9.17) is 14.7 Å². The highest BCUT2D eigenvalue weighted by Crippen LogP contribution is 2.37. The SMILES string of the molecule is CO/N=C(\C(=O)N[C@@H]1C(=O)N2C(OC(=O)O)=CCS[C@@H]12)c1cc(NC(=O)OC(C)(C)C)sn1. The van der Waals surface area contributed by atoms with Crippen molar-refractivity contribution < 1.29 is 38.6 Å². The molecule has 0 radical (unpaired) electrons. The summed E-state index contributed by atoms with van der Waals surface area (Å²) in [5.74, 6) is -0.964. The fourth-order valence-electron chi connectivity index (χ4n) is 2.85. The number of β-lactam (4-membered cyclic amide) rings is 1. The van der Waals surface area contributed by atoms with Crippen LogP contribution in [0.1, 0.15) is 26.5 Å². The number of amides is 3. The molecule has 15 heteroatoms. The highest BCUT2D eigenvalue weighted by Gasteiger charge is 2.53. The number of nitrogens with zero attached hydrogens (tertiary/aromatic N) is 3. The molecule has 2 aliphatic rings. The van der Waals surface area contributed by atoms with Gasteiger partial charge in [-0.3, -0.25) is 19.8 Å². The van der Waals surface area contributed by atoms with Crippen LogP contribution in [-0.4, -0.2) is 74.0 Å². The van der Waals surface area contributed by atoms with Crippen LogP contribution in [0.15, 0.2) is 23.2 Å². The van der Waals surface area contributed by atoms with Crippen molar-refractivity contribution in [2.45, 2.75) is 37.8 Å². The van der Waals surface area contributed by atoms with Gasteiger partial charge in [-0.2, -0.15) is 4.37 Å². The molecule has 0 unspecified atom stereocenters. The number of nitrogens with one attached hydrogen (secondary N) is 2. The molecule has 1 fully saturated rings. The first-order valence-corrected chi connectivity index (χ1v) is 11.3. The lowest BCUT2D eigenvalue weighted by atomic mass is 10.1. The lowest BCUT2D eigenvalue weighted by Gasteiger charge is -2.47. The summed E-state index contributed by atoms with van der Waals surface area (Å²) in [5, 5.41) is 17.4. The fourth-order valence-corrected chi connectivity index (χ4v) is 4.65. The van der Waals surface area contributed by atoms with Crippen LogP contribution >= 0.6 is 23.3 Å². The predicted octanol–water partition coefficient (Wildman–Crippen LogP) is 1.78. The number of hydrogen-bond donors (Lipinski definition) is 3. The second-order valence-electron chi connectivity index (χ2n) is 7.62. The van der Waals surface area contributed by atoms with Gasteiger partial charge in [0, 0.05) is 11.8 Å². The molecule has 0 spiro atoms. The normalized spacial score (nSPS) is 20.1. The van der Waals surface area contributed by atoms with Crippen molar-refractivity contribution >= 4 is 58.1 Å². The Hall–Kier alpha value is -3.33. The van der Waals surface area contributed by atoms with E-state index in [0.29, 0.717) is 10.8 Å². The van der Waals surface area contributed by atoms with Crippen molar-refractivity contribution in [1.29, 1.82) is 0 Å². The van der Waals surface area contributed by atoms with E-state index in [9.17, 15) is 19.2 Å². The van der Waals surface area contributed by atoms with Crippen LogP contribution in [0.2, 0.25) is 0 Å². The molecule has 1 aromatic heterocycles. The first-order valence-electron chi connectivity index (χ1n) is 9.45. The van der Waals surface area contributed by atoms with Gasteiger partial charge in [0.05, 0.1) is 0 Å². The van der Waals surface area contributed by atoms with Crippen LogP contribution in [-0.2, 0) is 23.9 Å². The molecule has 33 heavy (non-hydrogen) atoms. The quantitative estimate of drug-likeness (QED) is 0.227. The summed E-state index contributed by atoms with van der Waals surface area (Å²) in [5.41, 5.74) is -0.791. The predicted molar refractivity (Wildman–Crippen MR) is 118 cm³/mol. The molecule has 1 saturated heterocycles. The van der Waals surface area contributed by atoms with E-state index in [1.165, 1.54) is 31.0 Å². The zero-order valence-corrected chi connectivity index (χ0v) is 19.6. The van der Waals surface area contributed by atoms with E-state index >= 15 is 0 Å². The number of fused-ring (bicyclic) bond motifs is 1. The zero-order chi connectivity index (χ0) is 24.3. The highest BCUT2D eigenvalue weighted by molar-refractivity contribution is 8.00. The van der Waals surface area contributed by atoms with Crippen LogP contribution in [0.25, 0.3) is 0 Å². The van der Waals surface area contributed by atoms with Crippen LogP contribution in [0.5, 0.6) is 0 Å². The molecule has 3 heterocycles. The van der Waals surface area contributed by atoms with E-state index < -0.39 is 41.1 Å². The highest BCUT2D eigenvalue weighted by atomic mass is 32.2. The Morgan fingerprint density at radius 3 is 2.70 bits per heavy atom. The third-order valence-electron chi connectivity index (χ3n) is 4.06. The summed E-state index contributed by atoms with van der Waals surface area (Å²) in [6.45, 7) is 5.16. The van der Waals surface area contributed by atoms with E-state index in [-0.39, 0.29) is 17.3 Å². The lowest BCUT2D eigenvalue weighted by molar-refractivity contribution is -0.148. The number of rotatable bonds is 6. The van der Waals surface area contributed by atoms with Crippen molar-refractivity contribution in [3.05, 3.63) is 23.7 Å². The minimum atomic E-state index is -1.54. The van der Waals surface area contributed by atoms with Crippen molar-refractivity contribution in [3.63, 3.8) is 0 Å². The second kappa shape index (κ2) is 9.66. The lowest BCUT2D eigenvalue weighted by Crippen LogP contribution is -2.70. The van der Waals surface area contributed by atoms with Gasteiger partial charge in [0.15, 0.2) is 5.71 Å². The maximum atomic E-state index is 12.8. The largest absolute Gasteiger partial charge is 0.512 e. The first kappa shape index (κ1) is 24.3. The van der Waals surface area contributed by atoms with Crippen LogP contribution in [0.4, 0.5) is 14.6 Å². The molecule has 0 bridgehead atoms. The smallest absolute Gasteiger partial charge is 0.449 e. The third kappa shape index (κ3) is 5.73. The average molecular weight is 500 g/mol. The van der Waals surface area contributed by atoms with Gasteiger partial charge in [0.2, 0.25) is 5.88 Å². The molecule has 0 saturated carbocycles. The zero-order valence-electron chi connectivity index (χ0n) is 18.0. The number of oxime groups is 1. The van der Waals surface area contributed by atoms with Crippen molar-refractivity contribution in [2.75, 3.05) is 18.2 Å². The molecule has 2 atom stereocenters. The maximum absolute atomic E-state index is 12.8. The van der Waals surface area contributed by atoms with Gasteiger partial charge in [0.25, 0.3) is 11.8 Å². The number of anilines is 1. The average Bonchev–Trinajstić information content (AvgIpc) is 3.15. The summed E-state index contributed by atoms with van der Waals surface area (Å²) < 4.78 is 13.9. The fraction of sp³-hybridized carbons (Fsp3) is 0.444. The number of ether oxygens (including phenoxy) is 2. The van der Waals surface area contributed by atoms with E-state index in [0.717, 1.165) is 16.4 Å². The van der Waals surface area contributed by atoms with Gasteiger partial charge >= 0.3 is 12.2 Å². The Morgan fingerprint density at radius 2 is 2.06 bits per heavy atom. The van der Waals surface area contributed by atoms with Crippen molar-refractivity contribution in [3.8, 4) is 0 Å². The molecule has 3 amide bonds. The Morgan fingerprint density at radius 1 is 1.33 bits per heavy atom. The summed E-state index contributed by atoms with van der Waals surface area (Å²) in [7, 11) is 1.24. The van der Waals surface area contributed by atoms with Gasteiger partial charge in [-0.25, -0.2) is 9.59 Å². The van der Waals surface area contributed by atoms with E-state index in [2.05, 4.69) is 24.9 Å². The first-order chi connectivity index (χ1) is 15.5. The molecule has 178 valence electrons. The van der Waals surface area contributed by atoms with Gasteiger partial charge in [-0.05, 0) is 38.4 Å². The number of aromatic nitrogens is 1. The molecule has 1 aromatic rings. The van der Waals surface area contributed by atoms with Gasteiger partial charge < -0.3 is 24.7 Å². The minimum absolute atomic E-state index is 0.0927. The van der Waals surface area contributed by atoms with Crippen LogP contribution < -0.4 is 10.6 Å². The molecular formula is C18H21N5O8S2. The number of carbonyl (C=O) groups excluding carboxylic acids is 3. The Balaban J connectivity index is 1.68. The molecular weight excluding hydrogens is 478 g/mol.